The van der Waals surface area contributed by atoms with E-state index in [0.717, 1.165) is 0 Å². The van der Waals surface area contributed by atoms with Gasteiger partial charge in [0.25, 0.3) is 0 Å². The molecule has 2 aliphatic rings. The molecule has 0 aromatic carbocycles. The Balaban J connectivity index is 2.14. The van der Waals surface area contributed by atoms with E-state index in [1.54, 1.807) is 0 Å². The van der Waals surface area contributed by atoms with Crippen molar-refractivity contribution in [2.24, 2.45) is 0 Å². The van der Waals surface area contributed by atoms with E-state index >= 15 is 0 Å². The Morgan fingerprint density at radius 2 is 2.36 bits per heavy atom. The summed E-state index contributed by atoms with van der Waals surface area (Å²) in [6, 6.07) is -0.270. The lowest BCUT2D eigenvalue weighted by Crippen LogP contribution is -2.46. The quantitative estimate of drug-likeness (QED) is 0.409. The van der Waals surface area contributed by atoms with Crippen molar-refractivity contribution in [2.75, 3.05) is 13.1 Å². The lowest BCUT2D eigenvalue weighted by atomic mass is 10.2. The molecule has 0 aromatic rings. The first-order chi connectivity index (χ1) is 5.20. The molecule has 2 bridgehead atoms. The first-order valence-electron chi connectivity index (χ1n) is 3.61. The van der Waals surface area contributed by atoms with Crippen molar-refractivity contribution in [1.29, 1.82) is 0 Å². The zero-order valence-corrected chi connectivity index (χ0v) is 5.90. The smallest absolute Gasteiger partial charge is 0.407 e. The van der Waals surface area contributed by atoms with Gasteiger partial charge in [0, 0.05) is 13.1 Å². The maximum absolute atomic E-state index is 10.5. The van der Waals surface area contributed by atoms with E-state index in [-0.39, 0.29) is 12.1 Å². The lowest BCUT2D eigenvalue weighted by molar-refractivity contribution is 0.112. The van der Waals surface area contributed by atoms with E-state index in [2.05, 4.69) is 5.32 Å². The van der Waals surface area contributed by atoms with Crippen molar-refractivity contribution in [3.63, 3.8) is 0 Å². The number of nitrogens with one attached hydrogen (secondary N) is 1. The molecule has 2 rings (SSSR count). The number of nitrogens with zero attached hydrogens (tertiary/aromatic N) is 1. The van der Waals surface area contributed by atoms with Gasteiger partial charge >= 0.3 is 6.09 Å². The Morgan fingerprint density at radius 1 is 1.64 bits per heavy atom. The van der Waals surface area contributed by atoms with E-state index in [1.165, 1.54) is 4.90 Å². The van der Waals surface area contributed by atoms with Crippen LogP contribution in [0, 0.1) is 0 Å². The molecular weight excluding hydrogens is 148 g/mol. The summed E-state index contributed by atoms with van der Waals surface area (Å²) in [7, 11) is 0. The van der Waals surface area contributed by atoms with Crippen molar-refractivity contribution < 1.29 is 15.0 Å². The summed E-state index contributed by atoms with van der Waals surface area (Å²) >= 11 is 0. The number of carbonyl (C=O) groups is 1. The van der Waals surface area contributed by atoms with Crippen molar-refractivity contribution in [2.45, 2.75) is 18.2 Å². The van der Waals surface area contributed by atoms with Crippen LogP contribution in [0.25, 0.3) is 0 Å². The topological polar surface area (TPSA) is 72.8 Å². The molecule has 5 heteroatoms. The number of hydrogen-bond donors (Lipinski definition) is 3. The van der Waals surface area contributed by atoms with Crippen LogP contribution in [-0.4, -0.2) is 52.5 Å². The Bertz CT molecular complexity index is 196. The van der Waals surface area contributed by atoms with Crippen molar-refractivity contribution in [3.05, 3.63) is 0 Å². The van der Waals surface area contributed by atoms with Gasteiger partial charge in [0.15, 0.2) is 0 Å². The minimum absolute atomic E-state index is 0.0453. The molecule has 3 unspecified atom stereocenters. The van der Waals surface area contributed by atoms with Gasteiger partial charge < -0.3 is 15.5 Å². The normalized spacial score (nSPS) is 41.5. The number of aliphatic hydroxyl groups excluding tert-OH is 1. The fraction of sp³-hybridized carbons (Fsp3) is 0.833. The Morgan fingerprint density at radius 3 is 2.64 bits per heavy atom. The number of likely N-dealkylation sites (tertiary alicyclic amines) is 1. The molecule has 0 radical (unpaired) electrons. The molecule has 0 saturated carbocycles. The number of amides is 1. The summed E-state index contributed by atoms with van der Waals surface area (Å²) < 4.78 is 0. The molecule has 11 heavy (non-hydrogen) atoms. The maximum Gasteiger partial charge on any atom is 0.407 e. The van der Waals surface area contributed by atoms with Crippen LogP contribution < -0.4 is 5.32 Å². The van der Waals surface area contributed by atoms with Gasteiger partial charge in [-0.3, -0.25) is 4.90 Å². The molecule has 5 nitrogen and oxygen atoms in total. The summed E-state index contributed by atoms with van der Waals surface area (Å²) in [5.74, 6) is 0. The summed E-state index contributed by atoms with van der Waals surface area (Å²) in [5.41, 5.74) is 0. The number of hydrogen-bond acceptors (Lipinski definition) is 3. The van der Waals surface area contributed by atoms with E-state index < -0.39 is 12.2 Å². The van der Waals surface area contributed by atoms with Crippen LogP contribution in [0.4, 0.5) is 4.79 Å². The second-order valence-electron chi connectivity index (χ2n) is 3.01. The molecule has 62 valence electrons. The highest BCUT2D eigenvalue weighted by atomic mass is 16.4. The van der Waals surface area contributed by atoms with Gasteiger partial charge in [0.05, 0.1) is 18.2 Å². The zero-order valence-electron chi connectivity index (χ0n) is 5.90. The molecule has 2 saturated heterocycles. The van der Waals surface area contributed by atoms with Crippen molar-refractivity contribution in [3.8, 4) is 0 Å². The molecule has 1 amide bonds. The molecule has 3 atom stereocenters. The number of carboxylic acid groups (broad SMARTS) is 1. The van der Waals surface area contributed by atoms with Crippen LogP contribution in [0.2, 0.25) is 0 Å². The Hall–Kier alpha value is -0.810. The monoisotopic (exact) mass is 158 g/mol. The average Bonchev–Trinajstić information content (AvgIpc) is 2.46. The van der Waals surface area contributed by atoms with Crippen LogP contribution in [-0.2, 0) is 0 Å². The predicted molar refractivity (Wildman–Crippen MR) is 36.3 cm³/mol. The predicted octanol–water partition coefficient (Wildman–Crippen LogP) is -1.32. The van der Waals surface area contributed by atoms with Crippen molar-refractivity contribution >= 4 is 6.09 Å². The number of piperazine rings is 1. The number of rotatable bonds is 0. The molecule has 0 aromatic heterocycles. The standard InChI is InChI=1S/C6H10N2O3/c9-5-3-2-8(6(10)11)4(5)1-7-3/h3-5,7,9H,1-2H2,(H,10,11). The van der Waals surface area contributed by atoms with Crippen LogP contribution >= 0.6 is 0 Å². The van der Waals surface area contributed by atoms with E-state index in [1.807, 2.05) is 0 Å². The van der Waals surface area contributed by atoms with Crippen LogP contribution in [0.15, 0.2) is 0 Å². The molecule has 0 aliphatic carbocycles. The zero-order chi connectivity index (χ0) is 8.01. The first kappa shape index (κ1) is 6.87. The SMILES string of the molecule is O=C(O)N1CC2NCC1C2O. The van der Waals surface area contributed by atoms with Crippen molar-refractivity contribution in [1.82, 2.24) is 10.2 Å². The molecule has 2 heterocycles. The summed E-state index contributed by atoms with van der Waals surface area (Å²) in [6.45, 7) is 0.999. The number of aliphatic hydroxyl groups is 1. The van der Waals surface area contributed by atoms with E-state index in [4.69, 9.17) is 5.11 Å². The molecule has 0 spiro atoms. The largest absolute Gasteiger partial charge is 0.465 e. The van der Waals surface area contributed by atoms with E-state index in [0.29, 0.717) is 13.1 Å². The molecule has 3 N–H and O–H groups in total. The summed E-state index contributed by atoms with van der Waals surface area (Å²) in [6.07, 6.45) is -1.44. The lowest BCUT2D eigenvalue weighted by Gasteiger charge is -2.23. The highest BCUT2D eigenvalue weighted by Crippen LogP contribution is 2.23. The van der Waals surface area contributed by atoms with Gasteiger partial charge in [-0.1, -0.05) is 0 Å². The fourth-order valence-corrected chi connectivity index (χ4v) is 1.82. The number of fused-ring (bicyclic) bond motifs is 2. The third-order valence-corrected chi connectivity index (χ3v) is 2.44. The van der Waals surface area contributed by atoms with Gasteiger partial charge in [0.2, 0.25) is 0 Å². The van der Waals surface area contributed by atoms with E-state index in [9.17, 15) is 9.90 Å². The van der Waals surface area contributed by atoms with Gasteiger partial charge in [-0.25, -0.2) is 4.79 Å². The van der Waals surface area contributed by atoms with Gasteiger partial charge in [-0.15, -0.1) is 0 Å². The van der Waals surface area contributed by atoms with Gasteiger partial charge in [0.1, 0.15) is 0 Å². The minimum Gasteiger partial charge on any atom is -0.465 e. The van der Waals surface area contributed by atoms with Gasteiger partial charge in [-0.2, -0.15) is 0 Å². The third-order valence-electron chi connectivity index (χ3n) is 2.44. The van der Waals surface area contributed by atoms with Crippen LogP contribution in [0.3, 0.4) is 0 Å². The molecule has 2 aliphatic heterocycles. The Labute approximate surface area is 63.6 Å². The van der Waals surface area contributed by atoms with Crippen LogP contribution in [0.5, 0.6) is 0 Å². The second kappa shape index (κ2) is 2.09. The minimum atomic E-state index is -0.932. The third kappa shape index (κ3) is 0.812. The summed E-state index contributed by atoms with van der Waals surface area (Å²) in [4.78, 5) is 11.8. The maximum atomic E-state index is 10.5. The van der Waals surface area contributed by atoms with Crippen LogP contribution in [0.1, 0.15) is 0 Å². The second-order valence-corrected chi connectivity index (χ2v) is 3.01. The molecular formula is C6H10N2O3. The highest BCUT2D eigenvalue weighted by Gasteiger charge is 2.47. The Kier molecular flexibility index (Phi) is 1.30. The summed E-state index contributed by atoms with van der Waals surface area (Å²) in [5, 5.41) is 21.1. The average molecular weight is 158 g/mol. The van der Waals surface area contributed by atoms with Gasteiger partial charge in [-0.05, 0) is 0 Å². The fourth-order valence-electron chi connectivity index (χ4n) is 1.82. The highest BCUT2D eigenvalue weighted by molar-refractivity contribution is 5.66. The first-order valence-corrected chi connectivity index (χ1v) is 3.61. The molecule has 2 fully saturated rings.